The Kier molecular flexibility index (Phi) is 17.0. The zero-order valence-electron chi connectivity index (χ0n) is 41.2. The van der Waals surface area contributed by atoms with Gasteiger partial charge in [0.05, 0.1) is 130 Å². The van der Waals surface area contributed by atoms with Gasteiger partial charge in [0.15, 0.2) is 46.0 Å². The Labute approximate surface area is 395 Å². The maximum Gasteiger partial charge on any atom is 0.306 e. The molecule has 0 radical (unpaired) electrons. The van der Waals surface area contributed by atoms with E-state index in [1.807, 2.05) is 24.3 Å². The molecule has 0 amide bonds. The summed E-state index contributed by atoms with van der Waals surface area (Å²) in [7, 11) is 19.1. The fourth-order valence-electron chi connectivity index (χ4n) is 10.0. The Morgan fingerprint density at radius 2 is 0.955 bits per heavy atom. The minimum Gasteiger partial charge on any atom is -0.493 e. The first-order valence-corrected chi connectivity index (χ1v) is 22.8. The molecule has 0 aliphatic carbocycles. The third-order valence-electron chi connectivity index (χ3n) is 13.7. The molecular weight excluding hydrogens is 861 g/mol. The van der Waals surface area contributed by atoms with Gasteiger partial charge in [-0.05, 0) is 65.2 Å². The summed E-state index contributed by atoms with van der Waals surface area (Å²) in [5.74, 6) is 4.86. The minimum atomic E-state index is -0.434. The first-order valence-electron chi connectivity index (χ1n) is 22.8. The second-order valence-electron chi connectivity index (χ2n) is 17.6. The van der Waals surface area contributed by atoms with Crippen molar-refractivity contribution < 1.29 is 70.7 Å². The van der Waals surface area contributed by atoms with Crippen molar-refractivity contribution in [2.75, 3.05) is 117 Å². The highest BCUT2D eigenvalue weighted by molar-refractivity contribution is 5.77. The number of fused-ring (bicyclic) bond motifs is 2. The van der Waals surface area contributed by atoms with Gasteiger partial charge in [-0.1, -0.05) is 6.07 Å². The highest BCUT2D eigenvalue weighted by atomic mass is 16.5. The van der Waals surface area contributed by atoms with Crippen LogP contribution in [0.25, 0.3) is 0 Å². The molecule has 15 nitrogen and oxygen atoms in total. The highest BCUT2D eigenvalue weighted by Crippen LogP contribution is 2.48. The summed E-state index contributed by atoms with van der Waals surface area (Å²) in [6.07, 6.45) is 3.55. The van der Waals surface area contributed by atoms with Crippen LogP contribution in [0.15, 0.2) is 54.6 Å². The van der Waals surface area contributed by atoms with Gasteiger partial charge in [-0.3, -0.25) is 9.59 Å². The maximum absolute atomic E-state index is 13.0. The Morgan fingerprint density at radius 3 is 1.46 bits per heavy atom. The van der Waals surface area contributed by atoms with Crippen LogP contribution in [0.4, 0.5) is 0 Å². The van der Waals surface area contributed by atoms with Gasteiger partial charge in [0.2, 0.25) is 5.75 Å². The SMILES string of the molecule is COc1ccc(CC2c3cc(OC)c(OC)cc3CC[N+]2(C)CCCOC(=O)CCC(=O)OCCC[N+]2(C)CCc3cc(OC)c(OC)cc3C2c2cc(OC)c(OC)c(OC)c2)cc1OC. The fraction of sp³-hybridized carbons (Fsp3) is 0.500. The van der Waals surface area contributed by atoms with Crippen LogP contribution in [0, 0.1) is 0 Å². The molecule has 0 N–H and O–H groups in total. The number of hydrogen-bond donors (Lipinski definition) is 0. The average Bonchev–Trinajstić information content (AvgIpc) is 3.35. The van der Waals surface area contributed by atoms with E-state index in [1.54, 1.807) is 64.0 Å². The lowest BCUT2D eigenvalue weighted by Gasteiger charge is -2.46. The third-order valence-corrected chi connectivity index (χ3v) is 13.7. The predicted octanol–water partition coefficient (Wildman–Crippen LogP) is 7.49. The molecule has 0 spiro atoms. The smallest absolute Gasteiger partial charge is 0.306 e. The number of carbonyl (C=O) groups excluding carboxylic acids is 2. The number of rotatable bonds is 23. The lowest BCUT2D eigenvalue weighted by Crippen LogP contribution is -2.52. The largest absolute Gasteiger partial charge is 0.493 e. The van der Waals surface area contributed by atoms with E-state index >= 15 is 0 Å². The topological polar surface area (TPSA) is 136 Å². The molecule has 15 heteroatoms. The summed E-state index contributed by atoms with van der Waals surface area (Å²) < 4.78 is 63.9. The summed E-state index contributed by atoms with van der Waals surface area (Å²) in [5.41, 5.74) is 6.79. The van der Waals surface area contributed by atoms with E-state index in [0.29, 0.717) is 75.6 Å². The van der Waals surface area contributed by atoms with Crippen molar-refractivity contribution in [1.82, 2.24) is 0 Å². The van der Waals surface area contributed by atoms with E-state index in [9.17, 15) is 9.59 Å². The first-order chi connectivity index (χ1) is 32.3. The number of methoxy groups -OCH3 is 9. The molecule has 364 valence electrons. The molecule has 6 rings (SSSR count). The lowest BCUT2D eigenvalue weighted by molar-refractivity contribution is -0.941. The van der Waals surface area contributed by atoms with Crippen LogP contribution in [-0.4, -0.2) is 138 Å². The van der Waals surface area contributed by atoms with Crippen LogP contribution in [0.3, 0.4) is 0 Å². The second kappa shape index (κ2) is 22.6. The second-order valence-corrected chi connectivity index (χ2v) is 17.6. The van der Waals surface area contributed by atoms with Crippen LogP contribution in [0.5, 0.6) is 51.7 Å². The Hall–Kier alpha value is -6.06. The summed E-state index contributed by atoms with van der Waals surface area (Å²) >= 11 is 0. The number of benzene rings is 4. The Morgan fingerprint density at radius 1 is 0.507 bits per heavy atom. The highest BCUT2D eigenvalue weighted by Gasteiger charge is 2.43. The molecule has 2 aliphatic heterocycles. The number of ether oxygens (including phenoxy) is 11. The molecule has 4 aromatic rings. The molecule has 0 fully saturated rings. The summed E-state index contributed by atoms with van der Waals surface area (Å²) in [6, 6.07) is 18.3. The number of quaternary nitrogens is 2. The zero-order chi connectivity index (χ0) is 48.3. The number of hydrogen-bond acceptors (Lipinski definition) is 13. The molecule has 0 saturated carbocycles. The van der Waals surface area contributed by atoms with Crippen molar-refractivity contribution in [3.05, 3.63) is 88.0 Å². The van der Waals surface area contributed by atoms with Crippen molar-refractivity contribution in [3.63, 3.8) is 0 Å². The average molecular weight is 931 g/mol. The maximum atomic E-state index is 13.0. The first kappa shape index (κ1) is 50.4. The molecule has 0 saturated heterocycles. The lowest BCUT2D eigenvalue weighted by atomic mass is 9.85. The van der Waals surface area contributed by atoms with Gasteiger partial charge in [-0.25, -0.2) is 0 Å². The van der Waals surface area contributed by atoms with Crippen molar-refractivity contribution in [3.8, 4) is 51.7 Å². The van der Waals surface area contributed by atoms with Gasteiger partial charge in [-0.15, -0.1) is 0 Å². The molecule has 2 aliphatic rings. The number of esters is 2. The van der Waals surface area contributed by atoms with Gasteiger partial charge < -0.3 is 61.1 Å². The number of nitrogens with zero attached hydrogens (tertiary/aromatic N) is 2. The van der Waals surface area contributed by atoms with E-state index in [0.717, 1.165) is 65.6 Å². The van der Waals surface area contributed by atoms with E-state index in [1.165, 1.54) is 11.1 Å². The number of carbonyl (C=O) groups is 2. The molecule has 4 unspecified atom stereocenters. The van der Waals surface area contributed by atoms with Crippen molar-refractivity contribution in [1.29, 1.82) is 0 Å². The van der Waals surface area contributed by atoms with Crippen LogP contribution in [-0.2, 0) is 38.3 Å². The van der Waals surface area contributed by atoms with Crippen LogP contribution >= 0.6 is 0 Å². The van der Waals surface area contributed by atoms with Gasteiger partial charge in [0.25, 0.3) is 0 Å². The monoisotopic (exact) mass is 930 g/mol. The van der Waals surface area contributed by atoms with Gasteiger partial charge in [0, 0.05) is 48.8 Å². The third kappa shape index (κ3) is 11.2. The summed E-state index contributed by atoms with van der Waals surface area (Å²) in [5, 5.41) is 0. The van der Waals surface area contributed by atoms with Crippen LogP contribution < -0.4 is 42.6 Å². The Bertz CT molecular complexity index is 2330. The van der Waals surface area contributed by atoms with Crippen molar-refractivity contribution in [2.45, 2.75) is 57.0 Å². The van der Waals surface area contributed by atoms with Gasteiger partial charge >= 0.3 is 11.9 Å². The normalized spacial score (nSPS) is 19.5. The van der Waals surface area contributed by atoms with E-state index in [2.05, 4.69) is 44.4 Å². The minimum absolute atomic E-state index is 0.0546. The van der Waals surface area contributed by atoms with E-state index < -0.39 is 11.9 Å². The van der Waals surface area contributed by atoms with E-state index in [4.69, 9.17) is 52.1 Å². The van der Waals surface area contributed by atoms with Crippen molar-refractivity contribution >= 4 is 11.9 Å². The van der Waals surface area contributed by atoms with Gasteiger partial charge in [-0.2, -0.15) is 0 Å². The van der Waals surface area contributed by atoms with Gasteiger partial charge in [0.1, 0.15) is 12.1 Å². The predicted molar refractivity (Wildman–Crippen MR) is 253 cm³/mol. The van der Waals surface area contributed by atoms with Crippen molar-refractivity contribution in [2.24, 2.45) is 0 Å². The van der Waals surface area contributed by atoms with Crippen LogP contribution in [0.1, 0.15) is 71.1 Å². The number of likely N-dealkylation sites (N-methyl/N-ethyl adjacent to an activating group) is 2. The van der Waals surface area contributed by atoms with E-state index in [-0.39, 0.29) is 38.1 Å². The fourth-order valence-corrected chi connectivity index (χ4v) is 10.0. The standard InChI is InChI=1S/C52H70N2O13/c1-53(22-18-35-28-43(59-5)45(61-7)32-38(35)40(53)26-34-14-15-41(57-3)42(27-34)58-4)20-12-24-66-49(55)16-17-50(56)67-25-13-21-54(2)23-19-36-29-44(60-6)46(62-8)33-39(36)51(54)37-30-47(63-9)52(65-11)48(31-37)64-10/h14-15,27-33,40,51H,12-13,16-26H2,1-11H3/q+2. The zero-order valence-corrected chi connectivity index (χ0v) is 41.2. The Balaban J connectivity index is 1.04. The molecule has 0 aromatic heterocycles. The molecular formula is C52H70N2O13+2. The molecule has 0 bridgehead atoms. The summed E-state index contributed by atoms with van der Waals surface area (Å²) in [4.78, 5) is 25.9. The van der Waals surface area contributed by atoms with Crippen LogP contribution in [0.2, 0.25) is 0 Å². The molecule has 67 heavy (non-hydrogen) atoms. The quantitative estimate of drug-likeness (QED) is 0.0414. The molecule has 4 aromatic carbocycles. The molecule has 2 heterocycles. The summed E-state index contributed by atoms with van der Waals surface area (Å²) in [6.45, 7) is 3.63. The molecule has 4 atom stereocenters.